The molecule has 0 saturated heterocycles. The van der Waals surface area contributed by atoms with Crippen LogP contribution in [-0.2, 0) is 6.54 Å². The van der Waals surface area contributed by atoms with Crippen LogP contribution in [-0.4, -0.2) is 15.7 Å². The summed E-state index contributed by atoms with van der Waals surface area (Å²) in [5.41, 5.74) is 2.78. The van der Waals surface area contributed by atoms with Gasteiger partial charge in [-0.15, -0.1) is 11.3 Å². The van der Waals surface area contributed by atoms with Gasteiger partial charge in [-0.2, -0.15) is 0 Å². The molecule has 0 amide bonds. The van der Waals surface area contributed by atoms with E-state index in [0.717, 1.165) is 16.3 Å². The summed E-state index contributed by atoms with van der Waals surface area (Å²) in [4.78, 5) is 5.02. The number of nitrogens with one attached hydrogen (secondary N) is 1. The molecular formula is C11H15N3OS. The van der Waals surface area contributed by atoms with Crippen LogP contribution in [0.2, 0.25) is 0 Å². The molecule has 0 bridgehead atoms. The predicted molar refractivity (Wildman–Crippen MR) is 64.2 cm³/mol. The van der Waals surface area contributed by atoms with Crippen molar-refractivity contribution in [2.75, 3.05) is 0 Å². The fourth-order valence-electron chi connectivity index (χ4n) is 1.20. The summed E-state index contributed by atoms with van der Waals surface area (Å²) in [6, 6.07) is 1.95. The Morgan fingerprint density at radius 1 is 1.44 bits per heavy atom. The minimum atomic E-state index is 0.0869. The lowest BCUT2D eigenvalue weighted by Gasteiger charge is -2.19. The Bertz CT molecular complexity index is 442. The summed E-state index contributed by atoms with van der Waals surface area (Å²) in [6.07, 6.45) is 1.78. The molecule has 0 aliphatic heterocycles. The lowest BCUT2D eigenvalue weighted by atomic mass is 10.1. The third-order valence-corrected chi connectivity index (χ3v) is 2.82. The molecule has 2 rings (SSSR count). The number of aromatic nitrogens is 2. The molecule has 2 heterocycles. The zero-order valence-electron chi connectivity index (χ0n) is 9.65. The van der Waals surface area contributed by atoms with Gasteiger partial charge in [0.25, 0.3) is 0 Å². The van der Waals surface area contributed by atoms with E-state index in [4.69, 9.17) is 4.52 Å². The minimum Gasteiger partial charge on any atom is -0.355 e. The third kappa shape index (κ3) is 2.90. The molecule has 4 nitrogen and oxygen atoms in total. The Morgan fingerprint density at radius 3 is 2.88 bits per heavy atom. The molecule has 86 valence electrons. The van der Waals surface area contributed by atoms with Crippen LogP contribution in [0.15, 0.2) is 22.3 Å². The Hall–Kier alpha value is -1.20. The van der Waals surface area contributed by atoms with Crippen molar-refractivity contribution >= 4 is 11.3 Å². The first-order chi connectivity index (χ1) is 7.54. The standard InChI is InChI=1S/C11H15N3OS/c1-11(2,3)13-5-8-4-9(15-14-8)10-6-12-7-16-10/h4,6-7,13H,5H2,1-3H3. The lowest BCUT2D eigenvalue weighted by Crippen LogP contribution is -2.35. The van der Waals surface area contributed by atoms with Crippen molar-refractivity contribution in [2.24, 2.45) is 0 Å². The van der Waals surface area contributed by atoms with Crippen molar-refractivity contribution in [3.8, 4) is 10.6 Å². The molecular weight excluding hydrogens is 222 g/mol. The van der Waals surface area contributed by atoms with Gasteiger partial charge in [-0.1, -0.05) is 5.16 Å². The molecule has 1 N–H and O–H groups in total. The van der Waals surface area contributed by atoms with Crippen molar-refractivity contribution < 1.29 is 4.52 Å². The van der Waals surface area contributed by atoms with Crippen molar-refractivity contribution in [1.29, 1.82) is 0 Å². The maximum Gasteiger partial charge on any atom is 0.178 e. The highest BCUT2D eigenvalue weighted by atomic mass is 32.1. The van der Waals surface area contributed by atoms with E-state index in [1.165, 1.54) is 0 Å². The van der Waals surface area contributed by atoms with E-state index in [1.54, 1.807) is 23.0 Å². The summed E-state index contributed by atoms with van der Waals surface area (Å²) in [6.45, 7) is 7.08. The first-order valence-electron chi connectivity index (χ1n) is 5.14. The molecule has 2 aromatic rings. The molecule has 0 spiro atoms. The molecule has 0 saturated carbocycles. The van der Waals surface area contributed by atoms with Gasteiger partial charge in [0.2, 0.25) is 0 Å². The van der Waals surface area contributed by atoms with Crippen LogP contribution in [0, 0.1) is 0 Å². The van der Waals surface area contributed by atoms with Gasteiger partial charge in [0.05, 0.1) is 16.1 Å². The molecule has 0 radical (unpaired) electrons. The Labute approximate surface area is 98.7 Å². The summed E-state index contributed by atoms with van der Waals surface area (Å²) in [5, 5.41) is 7.38. The molecule has 16 heavy (non-hydrogen) atoms. The molecule has 0 aliphatic carbocycles. The smallest absolute Gasteiger partial charge is 0.178 e. The molecule has 0 aromatic carbocycles. The summed E-state index contributed by atoms with van der Waals surface area (Å²) < 4.78 is 5.25. The van der Waals surface area contributed by atoms with E-state index in [9.17, 15) is 0 Å². The quantitative estimate of drug-likeness (QED) is 0.891. The maximum absolute atomic E-state index is 5.25. The molecule has 0 atom stereocenters. The number of hydrogen-bond acceptors (Lipinski definition) is 5. The number of hydrogen-bond donors (Lipinski definition) is 1. The highest BCUT2D eigenvalue weighted by Crippen LogP contribution is 2.23. The van der Waals surface area contributed by atoms with Crippen LogP contribution in [0.3, 0.4) is 0 Å². The normalized spacial score (nSPS) is 11.9. The Morgan fingerprint density at radius 2 is 2.25 bits per heavy atom. The van der Waals surface area contributed by atoms with Gasteiger partial charge in [-0.25, -0.2) is 0 Å². The maximum atomic E-state index is 5.25. The lowest BCUT2D eigenvalue weighted by molar-refractivity contribution is 0.393. The van der Waals surface area contributed by atoms with Crippen LogP contribution < -0.4 is 5.32 Å². The van der Waals surface area contributed by atoms with Gasteiger partial charge in [-0.05, 0) is 20.8 Å². The molecule has 0 unspecified atom stereocenters. The Kier molecular flexibility index (Phi) is 3.07. The number of rotatable bonds is 3. The summed E-state index contributed by atoms with van der Waals surface area (Å²) >= 11 is 1.55. The second-order valence-corrected chi connectivity index (χ2v) is 5.54. The number of thiazole rings is 1. The predicted octanol–water partition coefficient (Wildman–Crippen LogP) is 2.69. The largest absolute Gasteiger partial charge is 0.355 e. The summed E-state index contributed by atoms with van der Waals surface area (Å²) in [5.74, 6) is 0.785. The fraction of sp³-hybridized carbons (Fsp3) is 0.455. The van der Waals surface area contributed by atoms with Crippen molar-refractivity contribution in [2.45, 2.75) is 32.9 Å². The second-order valence-electron chi connectivity index (χ2n) is 4.65. The van der Waals surface area contributed by atoms with Crippen molar-refractivity contribution in [3.05, 3.63) is 23.5 Å². The second kappa shape index (κ2) is 4.35. The van der Waals surface area contributed by atoms with E-state index in [1.807, 2.05) is 6.07 Å². The molecule has 0 fully saturated rings. The third-order valence-electron chi connectivity index (χ3n) is 2.03. The average molecular weight is 237 g/mol. The van der Waals surface area contributed by atoms with Crippen LogP contribution in [0.5, 0.6) is 0 Å². The zero-order chi connectivity index (χ0) is 11.6. The van der Waals surface area contributed by atoms with Crippen LogP contribution in [0.4, 0.5) is 0 Å². The van der Waals surface area contributed by atoms with Gasteiger partial charge in [0, 0.05) is 24.3 Å². The van der Waals surface area contributed by atoms with Crippen LogP contribution in [0.25, 0.3) is 10.6 Å². The van der Waals surface area contributed by atoms with E-state index in [-0.39, 0.29) is 5.54 Å². The SMILES string of the molecule is CC(C)(C)NCc1cc(-c2cncs2)on1. The van der Waals surface area contributed by atoms with E-state index >= 15 is 0 Å². The van der Waals surface area contributed by atoms with E-state index < -0.39 is 0 Å². The van der Waals surface area contributed by atoms with Gasteiger partial charge in [-0.3, -0.25) is 4.98 Å². The van der Waals surface area contributed by atoms with Crippen LogP contribution >= 0.6 is 11.3 Å². The minimum absolute atomic E-state index is 0.0869. The van der Waals surface area contributed by atoms with Crippen molar-refractivity contribution in [3.63, 3.8) is 0 Å². The van der Waals surface area contributed by atoms with E-state index in [2.05, 4.69) is 36.2 Å². The highest BCUT2D eigenvalue weighted by molar-refractivity contribution is 7.13. The first-order valence-corrected chi connectivity index (χ1v) is 6.02. The Balaban J connectivity index is 2.03. The zero-order valence-corrected chi connectivity index (χ0v) is 10.5. The van der Waals surface area contributed by atoms with Gasteiger partial charge < -0.3 is 9.84 Å². The number of nitrogens with zero attached hydrogens (tertiary/aromatic N) is 2. The average Bonchev–Trinajstić information content (AvgIpc) is 2.84. The van der Waals surface area contributed by atoms with Crippen LogP contribution in [0.1, 0.15) is 26.5 Å². The monoisotopic (exact) mass is 237 g/mol. The molecule has 5 heteroatoms. The van der Waals surface area contributed by atoms with Gasteiger partial charge >= 0.3 is 0 Å². The van der Waals surface area contributed by atoms with Gasteiger partial charge in [0.15, 0.2) is 5.76 Å². The molecule has 0 aliphatic rings. The summed E-state index contributed by atoms with van der Waals surface area (Å²) in [7, 11) is 0. The van der Waals surface area contributed by atoms with Crippen molar-refractivity contribution in [1.82, 2.24) is 15.5 Å². The molecule has 2 aromatic heterocycles. The van der Waals surface area contributed by atoms with Gasteiger partial charge in [0.1, 0.15) is 0 Å². The first kappa shape index (κ1) is 11.3. The van der Waals surface area contributed by atoms with E-state index in [0.29, 0.717) is 6.54 Å². The fourth-order valence-corrected chi connectivity index (χ4v) is 1.77. The topological polar surface area (TPSA) is 51.0 Å². The highest BCUT2D eigenvalue weighted by Gasteiger charge is 2.12.